The second kappa shape index (κ2) is 10.3. The molecule has 0 saturated heterocycles. The number of ether oxygens (including phenoxy) is 1. The zero-order valence-electron chi connectivity index (χ0n) is 19.8. The average molecular weight is 520 g/mol. The molecule has 184 valence electrons. The van der Waals surface area contributed by atoms with Gasteiger partial charge >= 0.3 is 0 Å². The lowest BCUT2D eigenvalue weighted by molar-refractivity contribution is 0.316. The predicted octanol–water partition coefficient (Wildman–Crippen LogP) is 5.71. The summed E-state index contributed by atoms with van der Waals surface area (Å²) in [6, 6.07) is 25.7. The van der Waals surface area contributed by atoms with Crippen molar-refractivity contribution in [3.63, 3.8) is 0 Å². The third-order valence-electron chi connectivity index (χ3n) is 6.00. The SMILES string of the molecule is CCNCCOc1ccc2c(c1)c(S(=O)(=O)c1cccc3ccccc13)nn2Cc1cccc(Cl)c1. The van der Waals surface area contributed by atoms with E-state index in [1.807, 2.05) is 67.6 Å². The van der Waals surface area contributed by atoms with E-state index >= 15 is 0 Å². The number of aromatic nitrogens is 2. The first-order valence-corrected chi connectivity index (χ1v) is 13.6. The quantitative estimate of drug-likeness (QED) is 0.252. The molecule has 36 heavy (non-hydrogen) atoms. The number of benzene rings is 4. The van der Waals surface area contributed by atoms with Crippen molar-refractivity contribution in [1.82, 2.24) is 15.1 Å². The van der Waals surface area contributed by atoms with Crippen LogP contribution in [-0.4, -0.2) is 37.9 Å². The van der Waals surface area contributed by atoms with Gasteiger partial charge in [-0.3, -0.25) is 4.68 Å². The van der Waals surface area contributed by atoms with Crippen LogP contribution in [0.5, 0.6) is 5.75 Å². The molecule has 0 unspecified atom stereocenters. The zero-order chi connectivity index (χ0) is 25.1. The molecule has 0 bridgehead atoms. The van der Waals surface area contributed by atoms with Crippen molar-refractivity contribution >= 4 is 43.1 Å². The normalized spacial score (nSPS) is 11.8. The maximum atomic E-state index is 14.0. The molecule has 0 fully saturated rings. The van der Waals surface area contributed by atoms with Gasteiger partial charge in [-0.1, -0.05) is 67.1 Å². The van der Waals surface area contributed by atoms with E-state index in [1.54, 1.807) is 28.9 Å². The number of rotatable bonds is 9. The van der Waals surface area contributed by atoms with Gasteiger partial charge in [-0.15, -0.1) is 0 Å². The number of halogens is 1. The van der Waals surface area contributed by atoms with E-state index in [1.165, 1.54) is 0 Å². The van der Waals surface area contributed by atoms with Crippen LogP contribution in [0.2, 0.25) is 5.02 Å². The minimum atomic E-state index is -3.94. The Balaban J connectivity index is 1.64. The Bertz CT molecular complexity index is 1640. The van der Waals surface area contributed by atoms with Gasteiger partial charge in [0, 0.05) is 22.3 Å². The van der Waals surface area contributed by atoms with Gasteiger partial charge in [0.15, 0.2) is 5.03 Å². The molecule has 0 aliphatic carbocycles. The first kappa shape index (κ1) is 24.3. The van der Waals surface area contributed by atoms with Crippen LogP contribution < -0.4 is 10.1 Å². The van der Waals surface area contributed by atoms with Crippen molar-refractivity contribution in [1.29, 1.82) is 0 Å². The standard InChI is InChI=1S/C28H26ClN3O3S/c1-2-30-15-16-35-23-13-14-26-25(18-23)28(31-32(26)19-20-7-5-10-22(29)17-20)36(33,34)27-12-6-9-21-8-3-4-11-24(21)27/h3-14,17-18,30H,2,15-16,19H2,1H3. The van der Waals surface area contributed by atoms with Gasteiger partial charge in [0.25, 0.3) is 0 Å². The Kier molecular flexibility index (Phi) is 6.96. The molecule has 1 N–H and O–H groups in total. The van der Waals surface area contributed by atoms with Crippen molar-refractivity contribution < 1.29 is 13.2 Å². The molecule has 6 nitrogen and oxygen atoms in total. The molecule has 0 aliphatic rings. The van der Waals surface area contributed by atoms with Crippen LogP contribution in [-0.2, 0) is 16.4 Å². The van der Waals surface area contributed by atoms with E-state index in [9.17, 15) is 8.42 Å². The fraction of sp³-hybridized carbons (Fsp3) is 0.179. The number of fused-ring (bicyclic) bond motifs is 2. The molecular formula is C28H26ClN3O3S. The lowest BCUT2D eigenvalue weighted by Gasteiger charge is -2.08. The summed E-state index contributed by atoms with van der Waals surface area (Å²) in [5.74, 6) is 0.595. The van der Waals surface area contributed by atoms with Gasteiger partial charge in [0.1, 0.15) is 12.4 Å². The fourth-order valence-corrected chi connectivity index (χ4v) is 6.11. The topological polar surface area (TPSA) is 73.2 Å². The summed E-state index contributed by atoms with van der Waals surface area (Å²) in [6.45, 7) is 4.44. The maximum Gasteiger partial charge on any atom is 0.226 e. The molecule has 0 amide bonds. The highest BCUT2D eigenvalue weighted by Crippen LogP contribution is 2.34. The minimum Gasteiger partial charge on any atom is -0.492 e. The van der Waals surface area contributed by atoms with E-state index in [0.717, 1.165) is 17.5 Å². The second-order valence-electron chi connectivity index (χ2n) is 8.45. The predicted molar refractivity (Wildman–Crippen MR) is 144 cm³/mol. The van der Waals surface area contributed by atoms with Crippen molar-refractivity contribution in [3.05, 3.63) is 95.5 Å². The van der Waals surface area contributed by atoms with Gasteiger partial charge in [-0.25, -0.2) is 8.42 Å². The molecule has 4 aromatic carbocycles. The highest BCUT2D eigenvalue weighted by atomic mass is 35.5. The van der Waals surface area contributed by atoms with E-state index in [-0.39, 0.29) is 9.92 Å². The molecule has 0 radical (unpaired) electrons. The van der Waals surface area contributed by atoms with Crippen molar-refractivity contribution in [2.45, 2.75) is 23.4 Å². The summed E-state index contributed by atoms with van der Waals surface area (Å²) in [4.78, 5) is 0.230. The average Bonchev–Trinajstić information content (AvgIpc) is 3.24. The number of nitrogens with one attached hydrogen (secondary N) is 1. The molecule has 1 heterocycles. The number of nitrogens with zero attached hydrogens (tertiary/aromatic N) is 2. The molecule has 0 aliphatic heterocycles. The van der Waals surface area contributed by atoms with Crippen LogP contribution >= 0.6 is 11.6 Å². The van der Waals surface area contributed by atoms with Gasteiger partial charge in [-0.2, -0.15) is 5.10 Å². The monoisotopic (exact) mass is 519 g/mol. The molecule has 0 spiro atoms. The first-order chi connectivity index (χ1) is 17.5. The smallest absolute Gasteiger partial charge is 0.226 e. The zero-order valence-corrected chi connectivity index (χ0v) is 21.4. The highest BCUT2D eigenvalue weighted by Gasteiger charge is 2.27. The van der Waals surface area contributed by atoms with Crippen LogP contribution in [0.1, 0.15) is 12.5 Å². The van der Waals surface area contributed by atoms with Crippen LogP contribution in [0.25, 0.3) is 21.7 Å². The Labute approximate surface area is 215 Å². The van der Waals surface area contributed by atoms with Gasteiger partial charge < -0.3 is 10.1 Å². The van der Waals surface area contributed by atoms with Crippen molar-refractivity contribution in [3.8, 4) is 5.75 Å². The fourth-order valence-electron chi connectivity index (χ4n) is 4.30. The van der Waals surface area contributed by atoms with Gasteiger partial charge in [0.2, 0.25) is 9.84 Å². The number of hydrogen-bond acceptors (Lipinski definition) is 5. The summed E-state index contributed by atoms with van der Waals surface area (Å²) in [5, 5.41) is 10.5. The van der Waals surface area contributed by atoms with Crippen LogP contribution in [0, 0.1) is 0 Å². The third-order valence-corrected chi connectivity index (χ3v) is 7.98. The molecule has 1 aromatic heterocycles. The van der Waals surface area contributed by atoms with Crippen molar-refractivity contribution in [2.75, 3.05) is 19.7 Å². The molecule has 5 aromatic rings. The Morgan fingerprint density at radius 2 is 1.75 bits per heavy atom. The summed E-state index contributed by atoms with van der Waals surface area (Å²) < 4.78 is 35.7. The van der Waals surface area contributed by atoms with Crippen LogP contribution in [0.15, 0.2) is 94.9 Å². The first-order valence-electron chi connectivity index (χ1n) is 11.8. The molecular weight excluding hydrogens is 494 g/mol. The molecule has 0 atom stereocenters. The lowest BCUT2D eigenvalue weighted by atomic mass is 10.1. The van der Waals surface area contributed by atoms with E-state index in [2.05, 4.69) is 10.4 Å². The molecule has 0 saturated carbocycles. The molecule has 8 heteroatoms. The Morgan fingerprint density at radius 1 is 0.944 bits per heavy atom. The number of likely N-dealkylation sites (N-methyl/N-ethyl adjacent to an activating group) is 1. The third kappa shape index (κ3) is 4.82. The number of sulfone groups is 1. The van der Waals surface area contributed by atoms with Crippen molar-refractivity contribution in [2.24, 2.45) is 0 Å². The summed E-state index contributed by atoms with van der Waals surface area (Å²) in [5.41, 5.74) is 1.62. The highest BCUT2D eigenvalue weighted by molar-refractivity contribution is 7.91. The Hall–Kier alpha value is -3.39. The second-order valence-corrected chi connectivity index (χ2v) is 10.7. The van der Waals surface area contributed by atoms with Crippen LogP contribution in [0.3, 0.4) is 0 Å². The van der Waals surface area contributed by atoms with E-state index < -0.39 is 9.84 Å². The Morgan fingerprint density at radius 3 is 2.58 bits per heavy atom. The van der Waals surface area contributed by atoms with Gasteiger partial charge in [0.05, 0.1) is 17.0 Å². The van der Waals surface area contributed by atoms with E-state index in [0.29, 0.717) is 46.8 Å². The number of hydrogen-bond donors (Lipinski definition) is 1. The maximum absolute atomic E-state index is 14.0. The minimum absolute atomic E-state index is 0.00742. The van der Waals surface area contributed by atoms with Gasteiger partial charge in [-0.05, 0) is 53.9 Å². The molecule has 5 rings (SSSR count). The largest absolute Gasteiger partial charge is 0.492 e. The van der Waals surface area contributed by atoms with E-state index in [4.69, 9.17) is 16.3 Å². The van der Waals surface area contributed by atoms with Crippen LogP contribution in [0.4, 0.5) is 0 Å². The summed E-state index contributed by atoms with van der Waals surface area (Å²) in [7, 11) is -3.94. The lowest BCUT2D eigenvalue weighted by Crippen LogP contribution is -2.20. The summed E-state index contributed by atoms with van der Waals surface area (Å²) >= 11 is 6.19. The summed E-state index contributed by atoms with van der Waals surface area (Å²) in [6.07, 6.45) is 0.